The molecule has 0 aromatic heterocycles. The Morgan fingerprint density at radius 3 is 2.03 bits per heavy atom. The number of halogens is 1. The molecule has 0 radical (unpaired) electrons. The van der Waals surface area contributed by atoms with Crippen molar-refractivity contribution in [2.24, 2.45) is 5.92 Å². The highest BCUT2D eigenvalue weighted by molar-refractivity contribution is 6.09. The molecule has 0 aliphatic heterocycles. The third-order valence-electron chi connectivity index (χ3n) is 4.12. The number of carbonyl (C=O) groups is 3. The molecule has 0 saturated carbocycles. The molecular formula is C22H24FNO5. The molecular weight excluding hydrogens is 377 g/mol. The van der Waals surface area contributed by atoms with E-state index in [1.54, 1.807) is 24.3 Å². The molecule has 154 valence electrons. The first-order valence-corrected chi connectivity index (χ1v) is 9.20. The summed E-state index contributed by atoms with van der Waals surface area (Å²) in [5.41, 5.74) is 0.787. The van der Waals surface area contributed by atoms with Gasteiger partial charge in [-0.2, -0.15) is 0 Å². The number of carbonyl (C=O) groups excluding carboxylic acids is 3. The van der Waals surface area contributed by atoms with E-state index in [0.717, 1.165) is 0 Å². The maximum atomic E-state index is 13.0. The van der Waals surface area contributed by atoms with Crippen LogP contribution in [0.15, 0.2) is 48.5 Å². The molecule has 2 aromatic carbocycles. The van der Waals surface area contributed by atoms with Gasteiger partial charge in [0.2, 0.25) is 0 Å². The molecule has 0 unspecified atom stereocenters. The molecule has 2 rings (SSSR count). The van der Waals surface area contributed by atoms with Gasteiger partial charge in [0.1, 0.15) is 17.6 Å². The molecule has 7 heteroatoms. The lowest BCUT2D eigenvalue weighted by atomic mass is 10.0. The lowest BCUT2D eigenvalue weighted by molar-refractivity contribution is -0.145. The Hall–Kier alpha value is -3.22. The molecule has 1 atom stereocenters. The van der Waals surface area contributed by atoms with E-state index in [-0.39, 0.29) is 18.3 Å². The van der Waals surface area contributed by atoms with E-state index in [0.29, 0.717) is 23.3 Å². The van der Waals surface area contributed by atoms with Gasteiger partial charge in [-0.3, -0.25) is 9.59 Å². The van der Waals surface area contributed by atoms with Crippen LogP contribution in [0.25, 0.3) is 0 Å². The van der Waals surface area contributed by atoms with Gasteiger partial charge < -0.3 is 14.8 Å². The zero-order chi connectivity index (χ0) is 21.4. The number of ketones is 1. The number of methoxy groups -OCH3 is 1. The van der Waals surface area contributed by atoms with Crippen LogP contribution < -0.4 is 10.1 Å². The van der Waals surface area contributed by atoms with Gasteiger partial charge in [0, 0.05) is 11.1 Å². The number of amides is 1. The van der Waals surface area contributed by atoms with Crippen molar-refractivity contribution < 1.29 is 28.2 Å². The van der Waals surface area contributed by atoms with Crippen LogP contribution >= 0.6 is 0 Å². The SMILES string of the molecule is COC(=O)[C@@H](CC(C)C)NC(=O)COc1ccc(C(=O)c2ccc(F)cc2)cc1. The van der Waals surface area contributed by atoms with Gasteiger partial charge >= 0.3 is 5.97 Å². The van der Waals surface area contributed by atoms with Crippen molar-refractivity contribution in [3.63, 3.8) is 0 Å². The molecule has 0 heterocycles. The molecule has 0 fully saturated rings. The molecule has 2 aromatic rings. The summed E-state index contributed by atoms with van der Waals surface area (Å²) in [5, 5.41) is 2.60. The van der Waals surface area contributed by atoms with Gasteiger partial charge in [0.25, 0.3) is 5.91 Å². The average molecular weight is 401 g/mol. The van der Waals surface area contributed by atoms with Crippen molar-refractivity contribution in [1.82, 2.24) is 5.32 Å². The number of nitrogens with one attached hydrogen (secondary N) is 1. The van der Waals surface area contributed by atoms with Crippen LogP contribution in [0.5, 0.6) is 5.75 Å². The highest BCUT2D eigenvalue weighted by Crippen LogP contribution is 2.16. The first kappa shape index (κ1) is 22.1. The summed E-state index contributed by atoms with van der Waals surface area (Å²) in [6, 6.07) is 10.8. The number of hydrogen-bond donors (Lipinski definition) is 1. The molecule has 0 bridgehead atoms. The molecule has 0 saturated heterocycles. The minimum atomic E-state index is -0.730. The standard InChI is InChI=1S/C22H24FNO5/c1-14(2)12-19(22(27)28-3)24-20(25)13-29-18-10-6-16(7-11-18)21(26)15-4-8-17(23)9-5-15/h4-11,14,19H,12-13H2,1-3H3,(H,24,25)/t19-/m1/s1. The Labute approximate surface area is 169 Å². The van der Waals surface area contributed by atoms with Crippen LogP contribution in [0.2, 0.25) is 0 Å². The van der Waals surface area contributed by atoms with Gasteiger partial charge in [-0.1, -0.05) is 13.8 Å². The second-order valence-electron chi connectivity index (χ2n) is 6.92. The van der Waals surface area contributed by atoms with Crippen molar-refractivity contribution >= 4 is 17.7 Å². The number of rotatable bonds is 9. The van der Waals surface area contributed by atoms with Crippen molar-refractivity contribution in [3.05, 3.63) is 65.5 Å². The molecule has 0 aliphatic carbocycles. The molecule has 0 aliphatic rings. The van der Waals surface area contributed by atoms with E-state index in [1.165, 1.54) is 31.4 Å². The lowest BCUT2D eigenvalue weighted by Gasteiger charge is -2.18. The third kappa shape index (κ3) is 6.71. The summed E-state index contributed by atoms with van der Waals surface area (Å²) >= 11 is 0. The predicted molar refractivity (Wildman–Crippen MR) is 105 cm³/mol. The molecule has 6 nitrogen and oxygen atoms in total. The van der Waals surface area contributed by atoms with Crippen molar-refractivity contribution in [2.45, 2.75) is 26.3 Å². The first-order chi connectivity index (χ1) is 13.8. The highest BCUT2D eigenvalue weighted by Gasteiger charge is 2.22. The summed E-state index contributed by atoms with van der Waals surface area (Å²) in [5.74, 6) is -1.01. The number of hydrogen-bond acceptors (Lipinski definition) is 5. The van der Waals surface area contributed by atoms with E-state index in [1.807, 2.05) is 13.8 Å². The zero-order valence-electron chi connectivity index (χ0n) is 16.6. The zero-order valence-corrected chi connectivity index (χ0v) is 16.6. The summed E-state index contributed by atoms with van der Waals surface area (Å²) < 4.78 is 23.1. The van der Waals surface area contributed by atoms with Gasteiger partial charge in [-0.15, -0.1) is 0 Å². The lowest BCUT2D eigenvalue weighted by Crippen LogP contribution is -2.44. The Morgan fingerprint density at radius 2 is 1.52 bits per heavy atom. The van der Waals surface area contributed by atoms with Crippen LogP contribution in [0.1, 0.15) is 36.2 Å². The summed E-state index contributed by atoms with van der Waals surface area (Å²) in [4.78, 5) is 36.2. The molecule has 29 heavy (non-hydrogen) atoms. The predicted octanol–water partition coefficient (Wildman–Crippen LogP) is 3.14. The largest absolute Gasteiger partial charge is 0.484 e. The summed E-state index contributed by atoms with van der Waals surface area (Å²) in [6.07, 6.45) is 0.457. The van der Waals surface area contributed by atoms with E-state index in [2.05, 4.69) is 5.32 Å². The van der Waals surface area contributed by atoms with Crippen LogP contribution in [-0.2, 0) is 14.3 Å². The number of ether oxygens (including phenoxy) is 2. The Morgan fingerprint density at radius 1 is 0.966 bits per heavy atom. The minimum absolute atomic E-state index is 0.200. The van der Waals surface area contributed by atoms with Crippen LogP contribution in [0.4, 0.5) is 4.39 Å². The Balaban J connectivity index is 1.92. The van der Waals surface area contributed by atoms with E-state index in [4.69, 9.17) is 9.47 Å². The fraction of sp³-hybridized carbons (Fsp3) is 0.318. The Bertz CT molecular complexity index is 847. The fourth-order valence-corrected chi connectivity index (χ4v) is 2.68. The van der Waals surface area contributed by atoms with Crippen LogP contribution in [0, 0.1) is 11.7 Å². The van der Waals surface area contributed by atoms with E-state index in [9.17, 15) is 18.8 Å². The molecule has 1 N–H and O–H groups in total. The second-order valence-corrected chi connectivity index (χ2v) is 6.92. The average Bonchev–Trinajstić information content (AvgIpc) is 2.71. The normalized spacial score (nSPS) is 11.6. The van der Waals surface area contributed by atoms with Crippen LogP contribution in [-0.4, -0.2) is 37.4 Å². The van der Waals surface area contributed by atoms with Gasteiger partial charge in [0.05, 0.1) is 7.11 Å². The van der Waals surface area contributed by atoms with Crippen molar-refractivity contribution in [2.75, 3.05) is 13.7 Å². The monoisotopic (exact) mass is 401 g/mol. The maximum Gasteiger partial charge on any atom is 0.328 e. The first-order valence-electron chi connectivity index (χ1n) is 9.20. The minimum Gasteiger partial charge on any atom is -0.484 e. The second kappa shape index (κ2) is 10.4. The Kier molecular flexibility index (Phi) is 7.88. The number of benzene rings is 2. The maximum absolute atomic E-state index is 13.0. The molecule has 1 amide bonds. The van der Waals surface area contributed by atoms with Gasteiger partial charge in [0.15, 0.2) is 12.4 Å². The number of esters is 1. The quantitative estimate of drug-likeness (QED) is 0.516. The molecule has 0 spiro atoms. The fourth-order valence-electron chi connectivity index (χ4n) is 2.68. The van der Waals surface area contributed by atoms with E-state index < -0.39 is 23.7 Å². The van der Waals surface area contributed by atoms with Gasteiger partial charge in [-0.05, 0) is 60.9 Å². The summed E-state index contributed by atoms with van der Waals surface area (Å²) in [7, 11) is 1.27. The highest BCUT2D eigenvalue weighted by atomic mass is 19.1. The van der Waals surface area contributed by atoms with Gasteiger partial charge in [-0.25, -0.2) is 9.18 Å². The van der Waals surface area contributed by atoms with Crippen molar-refractivity contribution in [3.8, 4) is 5.75 Å². The van der Waals surface area contributed by atoms with E-state index >= 15 is 0 Å². The summed E-state index contributed by atoms with van der Waals surface area (Å²) in [6.45, 7) is 3.59. The van der Waals surface area contributed by atoms with Crippen LogP contribution in [0.3, 0.4) is 0 Å². The van der Waals surface area contributed by atoms with Crippen molar-refractivity contribution in [1.29, 1.82) is 0 Å². The topological polar surface area (TPSA) is 81.7 Å². The third-order valence-corrected chi connectivity index (χ3v) is 4.12. The smallest absolute Gasteiger partial charge is 0.328 e.